The van der Waals surface area contributed by atoms with Gasteiger partial charge in [-0.15, -0.1) is 0 Å². The van der Waals surface area contributed by atoms with Crippen molar-refractivity contribution >= 4 is 11.5 Å². The maximum atomic E-state index is 14.2. The number of nitrogens with zero attached hydrogens (tertiary/aromatic N) is 4. The molecule has 2 aliphatic heterocycles. The molecule has 1 saturated heterocycles. The van der Waals surface area contributed by atoms with Crippen LogP contribution in [-0.2, 0) is 13.0 Å². The maximum Gasteiger partial charge on any atom is 0.162 e. The Kier molecular flexibility index (Phi) is 6.52. The zero-order chi connectivity index (χ0) is 25.6. The van der Waals surface area contributed by atoms with Crippen molar-refractivity contribution in [2.24, 2.45) is 5.41 Å². The average Bonchev–Trinajstić information content (AvgIpc) is 2.84. The summed E-state index contributed by atoms with van der Waals surface area (Å²) in [5.74, 6) is 1.93. The lowest BCUT2D eigenvalue weighted by Crippen LogP contribution is -2.42. The molecule has 0 radical (unpaired) electrons. The molecule has 3 aromatic rings. The van der Waals surface area contributed by atoms with Gasteiger partial charge >= 0.3 is 0 Å². The smallest absolute Gasteiger partial charge is 0.162 e. The fraction of sp³-hybridized carbons (Fsp3) is 0.484. The van der Waals surface area contributed by atoms with Gasteiger partial charge in [0.15, 0.2) is 5.82 Å². The molecule has 0 saturated carbocycles. The molecule has 5 heteroatoms. The molecule has 0 aliphatic carbocycles. The number of anilines is 2. The third kappa shape index (κ3) is 4.85. The predicted molar refractivity (Wildman–Crippen MR) is 147 cm³/mol. The molecule has 0 spiro atoms. The van der Waals surface area contributed by atoms with E-state index in [-0.39, 0.29) is 11.2 Å². The van der Waals surface area contributed by atoms with E-state index in [1.54, 1.807) is 6.07 Å². The number of benzene rings is 2. The molecule has 190 valence electrons. The van der Waals surface area contributed by atoms with E-state index in [2.05, 4.69) is 62.6 Å². The number of hydrogen-bond acceptors (Lipinski definition) is 4. The Labute approximate surface area is 215 Å². The maximum absolute atomic E-state index is 14.2. The van der Waals surface area contributed by atoms with Gasteiger partial charge in [-0.1, -0.05) is 45.9 Å². The minimum absolute atomic E-state index is 0.238. The van der Waals surface area contributed by atoms with Crippen LogP contribution in [0.3, 0.4) is 0 Å². The minimum atomic E-state index is -0.246. The summed E-state index contributed by atoms with van der Waals surface area (Å²) in [6, 6.07) is 11.8. The summed E-state index contributed by atoms with van der Waals surface area (Å²) in [6.07, 6.45) is 3.23. The first-order chi connectivity index (χ1) is 17.1. The molecule has 1 aromatic heterocycles. The number of aryl methyl sites for hydroxylation is 2. The van der Waals surface area contributed by atoms with Crippen LogP contribution in [0, 0.1) is 25.1 Å². The molecule has 0 amide bonds. The molecule has 2 aromatic carbocycles. The number of aromatic nitrogens is 2. The summed E-state index contributed by atoms with van der Waals surface area (Å²) in [4.78, 5) is 15.2. The van der Waals surface area contributed by atoms with Crippen molar-refractivity contribution in [3.05, 3.63) is 70.2 Å². The molecule has 3 heterocycles. The third-order valence-electron chi connectivity index (χ3n) is 7.92. The van der Waals surface area contributed by atoms with Crippen molar-refractivity contribution in [3.63, 3.8) is 0 Å². The molecule has 5 rings (SSSR count). The van der Waals surface area contributed by atoms with Crippen molar-refractivity contribution in [3.8, 4) is 11.4 Å². The average molecular weight is 487 g/mol. The zero-order valence-electron chi connectivity index (χ0n) is 22.7. The summed E-state index contributed by atoms with van der Waals surface area (Å²) in [6.45, 7) is 17.1. The lowest BCUT2D eigenvalue weighted by atomic mass is 9.84. The first kappa shape index (κ1) is 24.7. The van der Waals surface area contributed by atoms with Gasteiger partial charge in [-0.2, -0.15) is 0 Å². The van der Waals surface area contributed by atoms with Crippen LogP contribution in [0.5, 0.6) is 0 Å². The SMILES string of the molecule is Cc1ccc(F)cc1-c1nc2c(c(N3CCCC(C)(C)C3)n1)CN(c1cc(C(C)C)ccc1C)CC2. The predicted octanol–water partition coefficient (Wildman–Crippen LogP) is 7.21. The van der Waals surface area contributed by atoms with E-state index in [1.807, 2.05) is 13.0 Å². The summed E-state index contributed by atoms with van der Waals surface area (Å²) in [5, 5.41) is 0. The Hall–Kier alpha value is -2.95. The van der Waals surface area contributed by atoms with E-state index in [0.29, 0.717) is 11.7 Å². The summed E-state index contributed by atoms with van der Waals surface area (Å²) in [5.41, 5.74) is 8.34. The van der Waals surface area contributed by atoms with Crippen molar-refractivity contribution < 1.29 is 4.39 Å². The van der Waals surface area contributed by atoms with Crippen molar-refractivity contribution in [2.75, 3.05) is 29.4 Å². The van der Waals surface area contributed by atoms with Gasteiger partial charge in [0, 0.05) is 49.4 Å². The second-order valence-corrected chi connectivity index (χ2v) is 11.8. The van der Waals surface area contributed by atoms with Crippen LogP contribution in [0.1, 0.15) is 74.4 Å². The standard InChI is InChI=1S/C31H39FN4/c1-20(2)23-10-8-22(4)28(16-23)35-15-12-27-26(18-35)30(36-14-7-13-31(5,6)19-36)34-29(33-27)25-17-24(32)11-9-21(25)3/h8-11,16-17,20H,7,12-15,18-19H2,1-6H3. The Bertz CT molecular complexity index is 1280. The molecule has 0 unspecified atom stereocenters. The summed E-state index contributed by atoms with van der Waals surface area (Å²) >= 11 is 0. The van der Waals surface area contributed by atoms with Gasteiger partial charge in [-0.05, 0) is 72.9 Å². The Morgan fingerprint density at radius 3 is 2.47 bits per heavy atom. The van der Waals surface area contributed by atoms with Gasteiger partial charge in [-0.3, -0.25) is 0 Å². The Balaban J connectivity index is 1.60. The van der Waals surface area contributed by atoms with Gasteiger partial charge in [0.25, 0.3) is 0 Å². The molecule has 4 nitrogen and oxygen atoms in total. The monoisotopic (exact) mass is 486 g/mol. The van der Waals surface area contributed by atoms with Gasteiger partial charge in [0.1, 0.15) is 11.6 Å². The van der Waals surface area contributed by atoms with Crippen LogP contribution in [-0.4, -0.2) is 29.6 Å². The molecule has 1 fully saturated rings. The van der Waals surface area contributed by atoms with Crippen LogP contribution in [0.15, 0.2) is 36.4 Å². The molecule has 2 aliphatic rings. The number of piperidine rings is 1. The van der Waals surface area contributed by atoms with Crippen LogP contribution < -0.4 is 9.80 Å². The Morgan fingerprint density at radius 1 is 0.944 bits per heavy atom. The fourth-order valence-corrected chi connectivity index (χ4v) is 5.75. The third-order valence-corrected chi connectivity index (χ3v) is 7.92. The normalized spacial score (nSPS) is 17.4. The molecule has 0 bridgehead atoms. The number of rotatable bonds is 4. The van der Waals surface area contributed by atoms with Crippen LogP contribution in [0.2, 0.25) is 0 Å². The minimum Gasteiger partial charge on any atom is -0.366 e. The van der Waals surface area contributed by atoms with E-state index in [1.165, 1.54) is 34.9 Å². The van der Waals surface area contributed by atoms with Crippen molar-refractivity contribution in [2.45, 2.75) is 73.3 Å². The van der Waals surface area contributed by atoms with Gasteiger partial charge < -0.3 is 9.80 Å². The van der Waals surface area contributed by atoms with E-state index in [9.17, 15) is 4.39 Å². The first-order valence-electron chi connectivity index (χ1n) is 13.4. The number of hydrogen-bond donors (Lipinski definition) is 0. The molecule has 0 N–H and O–H groups in total. The van der Waals surface area contributed by atoms with Crippen molar-refractivity contribution in [1.82, 2.24) is 9.97 Å². The summed E-state index contributed by atoms with van der Waals surface area (Å²) < 4.78 is 14.2. The van der Waals surface area contributed by atoms with E-state index >= 15 is 0 Å². The van der Waals surface area contributed by atoms with Crippen LogP contribution >= 0.6 is 0 Å². The largest absolute Gasteiger partial charge is 0.366 e. The highest BCUT2D eigenvalue weighted by Crippen LogP contribution is 2.38. The zero-order valence-corrected chi connectivity index (χ0v) is 22.7. The second kappa shape index (κ2) is 9.49. The highest BCUT2D eigenvalue weighted by molar-refractivity contribution is 5.66. The van der Waals surface area contributed by atoms with E-state index in [0.717, 1.165) is 61.7 Å². The van der Waals surface area contributed by atoms with Gasteiger partial charge in [-0.25, -0.2) is 14.4 Å². The molecule has 0 atom stereocenters. The highest BCUT2D eigenvalue weighted by atomic mass is 19.1. The molecule has 36 heavy (non-hydrogen) atoms. The van der Waals surface area contributed by atoms with E-state index < -0.39 is 0 Å². The Morgan fingerprint density at radius 2 is 1.72 bits per heavy atom. The topological polar surface area (TPSA) is 32.3 Å². The number of halogens is 1. The lowest BCUT2D eigenvalue weighted by Gasteiger charge is -2.41. The first-order valence-corrected chi connectivity index (χ1v) is 13.4. The highest BCUT2D eigenvalue weighted by Gasteiger charge is 2.32. The van der Waals surface area contributed by atoms with Gasteiger partial charge in [0.2, 0.25) is 0 Å². The van der Waals surface area contributed by atoms with Crippen LogP contribution in [0.25, 0.3) is 11.4 Å². The molecular weight excluding hydrogens is 447 g/mol. The quantitative estimate of drug-likeness (QED) is 0.390. The van der Waals surface area contributed by atoms with E-state index in [4.69, 9.17) is 9.97 Å². The van der Waals surface area contributed by atoms with Crippen molar-refractivity contribution in [1.29, 1.82) is 0 Å². The molecular formula is C31H39FN4. The summed E-state index contributed by atoms with van der Waals surface area (Å²) in [7, 11) is 0. The number of fused-ring (bicyclic) bond motifs is 1. The van der Waals surface area contributed by atoms with Gasteiger partial charge in [0.05, 0.1) is 5.69 Å². The lowest BCUT2D eigenvalue weighted by molar-refractivity contribution is 0.291. The second-order valence-electron chi connectivity index (χ2n) is 11.8. The van der Waals surface area contributed by atoms with Crippen LogP contribution in [0.4, 0.5) is 15.9 Å². The fourth-order valence-electron chi connectivity index (χ4n) is 5.75.